The van der Waals surface area contributed by atoms with Crippen molar-refractivity contribution in [3.63, 3.8) is 0 Å². The summed E-state index contributed by atoms with van der Waals surface area (Å²) in [7, 11) is 0. The number of aromatic nitrogens is 1. The van der Waals surface area contributed by atoms with Crippen LogP contribution in [0.15, 0.2) is 30.5 Å². The van der Waals surface area contributed by atoms with E-state index < -0.39 is 5.60 Å². The molecule has 2 amide bonds. The first-order valence-corrected chi connectivity index (χ1v) is 8.14. The molecule has 1 aromatic rings. The molecule has 0 aromatic carbocycles. The topological polar surface area (TPSA) is 62.7 Å². The molecule has 1 aliphatic heterocycles. The molecule has 0 aliphatic carbocycles. The van der Waals surface area contributed by atoms with E-state index in [9.17, 15) is 9.59 Å². The lowest BCUT2D eigenvalue weighted by atomic mass is 10.2. The van der Waals surface area contributed by atoms with Crippen molar-refractivity contribution < 1.29 is 14.3 Å². The molecule has 1 aromatic heterocycles. The van der Waals surface area contributed by atoms with Gasteiger partial charge in [0, 0.05) is 37.9 Å². The number of hydrogen-bond acceptors (Lipinski definition) is 4. The molecule has 0 bridgehead atoms. The van der Waals surface area contributed by atoms with Gasteiger partial charge in [0.1, 0.15) is 5.60 Å². The van der Waals surface area contributed by atoms with Gasteiger partial charge in [-0.1, -0.05) is 6.07 Å². The minimum atomic E-state index is -0.515. The predicted molar refractivity (Wildman–Crippen MR) is 92.3 cm³/mol. The zero-order chi connectivity index (χ0) is 17.7. The highest BCUT2D eigenvalue weighted by Crippen LogP contribution is 2.15. The molecule has 130 valence electrons. The van der Waals surface area contributed by atoms with E-state index in [1.807, 2.05) is 45.9 Å². The standard InChI is InChI=1S/C18H25N3O3/c1-14-13-20(17(23)24-18(2,3)4)11-12-21(14)16(22)9-8-15-7-5-6-10-19-15/h5-10,14H,11-13H2,1-4H3/b9-8+. The number of carbonyl (C=O) groups is 2. The first kappa shape index (κ1) is 18.0. The minimum Gasteiger partial charge on any atom is -0.444 e. The normalized spacial score (nSPS) is 18.8. The van der Waals surface area contributed by atoms with Crippen LogP contribution in [0.3, 0.4) is 0 Å². The van der Waals surface area contributed by atoms with E-state index in [0.29, 0.717) is 19.6 Å². The van der Waals surface area contributed by atoms with Crippen molar-refractivity contribution in [2.75, 3.05) is 19.6 Å². The minimum absolute atomic E-state index is 0.0628. The molecule has 0 radical (unpaired) electrons. The summed E-state index contributed by atoms with van der Waals surface area (Å²) in [6, 6.07) is 5.48. The second kappa shape index (κ2) is 7.47. The molecule has 0 saturated carbocycles. The highest BCUT2D eigenvalue weighted by molar-refractivity contribution is 5.92. The number of nitrogens with zero attached hydrogens (tertiary/aromatic N) is 3. The van der Waals surface area contributed by atoms with Crippen LogP contribution >= 0.6 is 0 Å². The van der Waals surface area contributed by atoms with Crippen LogP contribution in [0.4, 0.5) is 4.79 Å². The third-order valence-electron chi connectivity index (χ3n) is 3.65. The average molecular weight is 331 g/mol. The number of hydrogen-bond donors (Lipinski definition) is 0. The summed E-state index contributed by atoms with van der Waals surface area (Å²) in [4.78, 5) is 32.1. The fourth-order valence-corrected chi connectivity index (χ4v) is 2.50. The summed E-state index contributed by atoms with van der Waals surface area (Å²) >= 11 is 0. The zero-order valence-corrected chi connectivity index (χ0v) is 14.7. The van der Waals surface area contributed by atoms with Crippen LogP contribution in [0.1, 0.15) is 33.4 Å². The lowest BCUT2D eigenvalue weighted by molar-refractivity contribution is -0.130. The summed E-state index contributed by atoms with van der Waals surface area (Å²) in [6.45, 7) is 8.90. The van der Waals surface area contributed by atoms with Crippen molar-refractivity contribution in [3.8, 4) is 0 Å². The van der Waals surface area contributed by atoms with Crippen LogP contribution in [0.2, 0.25) is 0 Å². The molecule has 1 fully saturated rings. The summed E-state index contributed by atoms with van der Waals surface area (Å²) in [5.41, 5.74) is 0.226. The summed E-state index contributed by atoms with van der Waals surface area (Å²) in [5, 5.41) is 0. The maximum absolute atomic E-state index is 12.4. The lowest BCUT2D eigenvalue weighted by Gasteiger charge is -2.39. The highest BCUT2D eigenvalue weighted by Gasteiger charge is 2.31. The summed E-state index contributed by atoms with van der Waals surface area (Å²) in [5.74, 6) is -0.0722. The quantitative estimate of drug-likeness (QED) is 0.781. The monoisotopic (exact) mass is 331 g/mol. The van der Waals surface area contributed by atoms with E-state index >= 15 is 0 Å². The molecular formula is C18H25N3O3. The molecule has 6 heteroatoms. The molecule has 1 unspecified atom stereocenters. The van der Waals surface area contributed by atoms with Gasteiger partial charge in [0.15, 0.2) is 0 Å². The zero-order valence-electron chi connectivity index (χ0n) is 14.7. The molecule has 2 rings (SSSR count). The molecule has 1 atom stereocenters. The van der Waals surface area contributed by atoms with E-state index in [1.54, 1.807) is 22.1 Å². The van der Waals surface area contributed by atoms with Crippen molar-refractivity contribution >= 4 is 18.1 Å². The van der Waals surface area contributed by atoms with Gasteiger partial charge >= 0.3 is 6.09 Å². The number of amides is 2. The fourth-order valence-electron chi connectivity index (χ4n) is 2.50. The molecule has 24 heavy (non-hydrogen) atoms. The van der Waals surface area contributed by atoms with Crippen molar-refractivity contribution in [2.45, 2.75) is 39.3 Å². The van der Waals surface area contributed by atoms with Gasteiger partial charge in [-0.15, -0.1) is 0 Å². The van der Waals surface area contributed by atoms with Gasteiger partial charge in [0.05, 0.1) is 5.69 Å². The molecule has 2 heterocycles. The highest BCUT2D eigenvalue weighted by atomic mass is 16.6. The second-order valence-corrected chi connectivity index (χ2v) is 6.89. The van der Waals surface area contributed by atoms with Crippen LogP contribution in [0.25, 0.3) is 6.08 Å². The van der Waals surface area contributed by atoms with Gasteiger partial charge in [-0.05, 0) is 45.9 Å². The van der Waals surface area contributed by atoms with Crippen LogP contribution in [0.5, 0.6) is 0 Å². The number of ether oxygens (including phenoxy) is 1. The number of pyridine rings is 1. The van der Waals surface area contributed by atoms with Crippen molar-refractivity contribution in [3.05, 3.63) is 36.2 Å². The second-order valence-electron chi connectivity index (χ2n) is 6.89. The van der Waals surface area contributed by atoms with E-state index in [4.69, 9.17) is 4.74 Å². The van der Waals surface area contributed by atoms with E-state index in [0.717, 1.165) is 5.69 Å². The molecule has 1 aliphatic rings. The smallest absolute Gasteiger partial charge is 0.410 e. The lowest BCUT2D eigenvalue weighted by Crippen LogP contribution is -2.55. The maximum atomic E-state index is 12.4. The molecule has 6 nitrogen and oxygen atoms in total. The van der Waals surface area contributed by atoms with Crippen LogP contribution < -0.4 is 0 Å². The van der Waals surface area contributed by atoms with Gasteiger partial charge in [-0.2, -0.15) is 0 Å². The number of rotatable bonds is 2. The molecule has 0 N–H and O–H groups in total. The largest absolute Gasteiger partial charge is 0.444 e. The third kappa shape index (κ3) is 5.08. The fraction of sp³-hybridized carbons (Fsp3) is 0.500. The molecule has 0 spiro atoms. The van der Waals surface area contributed by atoms with Gasteiger partial charge < -0.3 is 14.5 Å². The SMILES string of the molecule is CC1CN(C(=O)OC(C)(C)C)CCN1C(=O)/C=C/c1ccccn1. The van der Waals surface area contributed by atoms with Gasteiger partial charge in [-0.25, -0.2) is 4.79 Å². The third-order valence-corrected chi connectivity index (χ3v) is 3.65. The van der Waals surface area contributed by atoms with Crippen molar-refractivity contribution in [1.29, 1.82) is 0 Å². The summed E-state index contributed by atoms with van der Waals surface area (Å²) in [6.07, 6.45) is 4.59. The predicted octanol–water partition coefficient (Wildman–Crippen LogP) is 2.56. The van der Waals surface area contributed by atoms with Crippen molar-refractivity contribution in [1.82, 2.24) is 14.8 Å². The first-order valence-electron chi connectivity index (χ1n) is 8.14. The molecule has 1 saturated heterocycles. The van der Waals surface area contributed by atoms with Gasteiger partial charge in [0.2, 0.25) is 5.91 Å². The Balaban J connectivity index is 1.92. The Bertz CT molecular complexity index is 608. The Labute approximate surface area is 143 Å². The first-order chi connectivity index (χ1) is 11.3. The van der Waals surface area contributed by atoms with Crippen molar-refractivity contribution in [2.24, 2.45) is 0 Å². The van der Waals surface area contributed by atoms with E-state index in [2.05, 4.69) is 4.98 Å². The number of piperazine rings is 1. The Morgan fingerprint density at radius 3 is 2.62 bits per heavy atom. The maximum Gasteiger partial charge on any atom is 0.410 e. The Kier molecular flexibility index (Phi) is 5.59. The van der Waals surface area contributed by atoms with Crippen LogP contribution in [0, 0.1) is 0 Å². The van der Waals surface area contributed by atoms with Crippen LogP contribution in [-0.2, 0) is 9.53 Å². The van der Waals surface area contributed by atoms with Crippen LogP contribution in [-0.4, -0.2) is 58.1 Å². The Hall–Kier alpha value is -2.37. The van der Waals surface area contributed by atoms with Gasteiger partial charge in [0.25, 0.3) is 0 Å². The summed E-state index contributed by atoms with van der Waals surface area (Å²) < 4.78 is 5.39. The Morgan fingerprint density at radius 1 is 1.29 bits per heavy atom. The number of carbonyl (C=O) groups excluding carboxylic acids is 2. The average Bonchev–Trinajstić information content (AvgIpc) is 2.52. The molecular weight excluding hydrogens is 306 g/mol. The van der Waals surface area contributed by atoms with Gasteiger partial charge in [-0.3, -0.25) is 9.78 Å². The van der Waals surface area contributed by atoms with E-state index in [1.165, 1.54) is 6.08 Å². The Morgan fingerprint density at radius 2 is 2.04 bits per heavy atom. The van der Waals surface area contributed by atoms with E-state index in [-0.39, 0.29) is 18.0 Å².